The van der Waals surface area contributed by atoms with Gasteiger partial charge in [0.1, 0.15) is 11.6 Å². The van der Waals surface area contributed by atoms with Crippen LogP contribution in [-0.2, 0) is 0 Å². The normalized spacial score (nSPS) is 24.3. The van der Waals surface area contributed by atoms with Crippen LogP contribution in [-0.4, -0.2) is 6.04 Å². The lowest BCUT2D eigenvalue weighted by molar-refractivity contribution is 0.267. The summed E-state index contributed by atoms with van der Waals surface area (Å²) >= 11 is 0. The molecular weight excluding hydrogens is 232 g/mol. The van der Waals surface area contributed by atoms with Gasteiger partial charge in [0.15, 0.2) is 0 Å². The molecule has 1 nitrogen and oxygen atoms in total. The molecule has 1 fully saturated rings. The molecule has 0 unspecified atom stereocenters. The van der Waals surface area contributed by atoms with Gasteiger partial charge in [0, 0.05) is 17.8 Å². The molecule has 100 valence electrons. The second-order valence-corrected chi connectivity index (χ2v) is 5.66. The van der Waals surface area contributed by atoms with Gasteiger partial charge in [-0.2, -0.15) is 0 Å². The second-order valence-electron chi connectivity index (χ2n) is 5.66. The highest BCUT2D eigenvalue weighted by atomic mass is 19.1. The summed E-state index contributed by atoms with van der Waals surface area (Å²) in [6.07, 6.45) is 4.57. The Morgan fingerprint density at radius 1 is 1.00 bits per heavy atom. The summed E-state index contributed by atoms with van der Waals surface area (Å²) in [6.45, 7) is 4.53. The molecule has 1 aromatic rings. The van der Waals surface area contributed by atoms with Crippen molar-refractivity contribution >= 4 is 5.69 Å². The largest absolute Gasteiger partial charge is 0.382 e. The minimum atomic E-state index is -0.520. The lowest BCUT2D eigenvalue weighted by Gasteiger charge is -2.31. The Morgan fingerprint density at radius 3 is 2.06 bits per heavy atom. The monoisotopic (exact) mass is 253 g/mol. The van der Waals surface area contributed by atoms with Crippen molar-refractivity contribution in [3.05, 3.63) is 29.8 Å². The van der Waals surface area contributed by atoms with Crippen molar-refractivity contribution in [3.8, 4) is 0 Å². The van der Waals surface area contributed by atoms with Gasteiger partial charge < -0.3 is 5.32 Å². The minimum absolute atomic E-state index is 0.348. The number of benzene rings is 1. The molecule has 1 N–H and O–H groups in total. The van der Waals surface area contributed by atoms with E-state index in [0.29, 0.717) is 11.7 Å². The molecular formula is C15H21F2N. The van der Waals surface area contributed by atoms with Crippen molar-refractivity contribution in [2.45, 2.75) is 45.6 Å². The summed E-state index contributed by atoms with van der Waals surface area (Å²) in [4.78, 5) is 0. The first-order valence-electron chi connectivity index (χ1n) is 6.77. The lowest BCUT2D eigenvalue weighted by atomic mass is 9.79. The van der Waals surface area contributed by atoms with Crippen LogP contribution < -0.4 is 5.32 Å². The van der Waals surface area contributed by atoms with Crippen LogP contribution >= 0.6 is 0 Å². The number of halogens is 2. The Hall–Kier alpha value is -1.12. The Labute approximate surface area is 108 Å². The Morgan fingerprint density at radius 2 is 1.56 bits per heavy atom. The average Bonchev–Trinajstić information content (AvgIpc) is 2.28. The van der Waals surface area contributed by atoms with Gasteiger partial charge in [0.2, 0.25) is 0 Å². The third-order valence-electron chi connectivity index (χ3n) is 3.95. The SMILES string of the molecule is CC(C)C1CCC(Nc2cc(F)cc(F)c2)CC1. The summed E-state index contributed by atoms with van der Waals surface area (Å²) in [5, 5.41) is 3.24. The predicted molar refractivity (Wildman–Crippen MR) is 70.6 cm³/mol. The van der Waals surface area contributed by atoms with Crippen LogP contribution in [0.25, 0.3) is 0 Å². The molecule has 0 amide bonds. The molecule has 0 saturated heterocycles. The third-order valence-corrected chi connectivity index (χ3v) is 3.95. The van der Waals surface area contributed by atoms with Gasteiger partial charge in [0.25, 0.3) is 0 Å². The van der Waals surface area contributed by atoms with Gasteiger partial charge in [-0.15, -0.1) is 0 Å². The maximum absolute atomic E-state index is 13.1. The van der Waals surface area contributed by atoms with Gasteiger partial charge in [-0.1, -0.05) is 13.8 Å². The van der Waals surface area contributed by atoms with Crippen molar-refractivity contribution in [3.63, 3.8) is 0 Å². The van der Waals surface area contributed by atoms with Gasteiger partial charge in [-0.3, -0.25) is 0 Å². The van der Waals surface area contributed by atoms with E-state index in [1.165, 1.54) is 25.0 Å². The van der Waals surface area contributed by atoms with E-state index >= 15 is 0 Å². The molecule has 0 bridgehead atoms. The Bertz CT molecular complexity index is 375. The van der Waals surface area contributed by atoms with Crippen LogP contribution in [0, 0.1) is 23.5 Å². The van der Waals surface area contributed by atoms with E-state index in [4.69, 9.17) is 0 Å². The van der Waals surface area contributed by atoms with Crippen LogP contribution in [0.1, 0.15) is 39.5 Å². The van der Waals surface area contributed by atoms with E-state index < -0.39 is 11.6 Å². The predicted octanol–water partition coefficient (Wildman–Crippen LogP) is 4.59. The number of hydrogen-bond acceptors (Lipinski definition) is 1. The first-order valence-corrected chi connectivity index (χ1v) is 6.77. The molecule has 1 aliphatic carbocycles. The van der Waals surface area contributed by atoms with Crippen molar-refractivity contribution < 1.29 is 8.78 Å². The zero-order valence-electron chi connectivity index (χ0n) is 11.0. The highest BCUT2D eigenvalue weighted by molar-refractivity contribution is 5.44. The molecule has 0 aliphatic heterocycles. The Kier molecular flexibility index (Phi) is 4.20. The minimum Gasteiger partial charge on any atom is -0.382 e. The second kappa shape index (κ2) is 5.68. The highest BCUT2D eigenvalue weighted by Crippen LogP contribution is 2.31. The number of hydrogen-bond donors (Lipinski definition) is 1. The molecule has 2 rings (SSSR count). The summed E-state index contributed by atoms with van der Waals surface area (Å²) in [5.74, 6) is 0.492. The topological polar surface area (TPSA) is 12.0 Å². The van der Waals surface area contributed by atoms with Crippen LogP contribution in [0.5, 0.6) is 0 Å². The molecule has 0 aromatic heterocycles. The van der Waals surface area contributed by atoms with E-state index in [0.717, 1.165) is 30.7 Å². The van der Waals surface area contributed by atoms with Gasteiger partial charge in [-0.05, 0) is 49.7 Å². The quantitative estimate of drug-likeness (QED) is 0.830. The van der Waals surface area contributed by atoms with E-state index in [1.807, 2.05) is 0 Å². The number of anilines is 1. The highest BCUT2D eigenvalue weighted by Gasteiger charge is 2.23. The van der Waals surface area contributed by atoms with Gasteiger partial charge >= 0.3 is 0 Å². The van der Waals surface area contributed by atoms with Crippen LogP contribution in [0.15, 0.2) is 18.2 Å². The molecule has 0 atom stereocenters. The van der Waals surface area contributed by atoms with E-state index in [2.05, 4.69) is 19.2 Å². The summed E-state index contributed by atoms with van der Waals surface area (Å²) in [5.41, 5.74) is 0.556. The average molecular weight is 253 g/mol. The molecule has 0 spiro atoms. The fourth-order valence-electron chi connectivity index (χ4n) is 2.80. The van der Waals surface area contributed by atoms with Crippen molar-refractivity contribution in [1.29, 1.82) is 0 Å². The van der Waals surface area contributed by atoms with E-state index in [1.54, 1.807) is 0 Å². The van der Waals surface area contributed by atoms with Crippen molar-refractivity contribution in [1.82, 2.24) is 0 Å². The maximum atomic E-state index is 13.1. The van der Waals surface area contributed by atoms with Crippen LogP contribution in [0.2, 0.25) is 0 Å². The fourth-order valence-corrected chi connectivity index (χ4v) is 2.80. The zero-order valence-corrected chi connectivity index (χ0v) is 11.0. The summed E-state index contributed by atoms with van der Waals surface area (Å²) in [6, 6.07) is 3.97. The van der Waals surface area contributed by atoms with Gasteiger partial charge in [-0.25, -0.2) is 8.78 Å². The first-order chi connectivity index (χ1) is 8.54. The molecule has 1 saturated carbocycles. The standard InChI is InChI=1S/C15H21F2N/c1-10(2)11-3-5-14(6-4-11)18-15-8-12(16)7-13(17)9-15/h7-11,14,18H,3-6H2,1-2H3. The molecule has 1 aromatic carbocycles. The van der Waals surface area contributed by atoms with Crippen molar-refractivity contribution in [2.24, 2.45) is 11.8 Å². The van der Waals surface area contributed by atoms with E-state index in [9.17, 15) is 8.78 Å². The molecule has 3 heteroatoms. The molecule has 0 radical (unpaired) electrons. The summed E-state index contributed by atoms with van der Waals surface area (Å²) in [7, 11) is 0. The molecule has 1 aliphatic rings. The van der Waals surface area contributed by atoms with Crippen LogP contribution in [0.3, 0.4) is 0 Å². The number of rotatable bonds is 3. The third kappa shape index (κ3) is 3.44. The lowest BCUT2D eigenvalue weighted by Crippen LogP contribution is -2.27. The van der Waals surface area contributed by atoms with Crippen LogP contribution in [0.4, 0.5) is 14.5 Å². The maximum Gasteiger partial charge on any atom is 0.128 e. The van der Waals surface area contributed by atoms with E-state index in [-0.39, 0.29) is 0 Å². The Balaban J connectivity index is 1.91. The van der Waals surface area contributed by atoms with Gasteiger partial charge in [0.05, 0.1) is 0 Å². The number of nitrogens with one attached hydrogen (secondary N) is 1. The zero-order chi connectivity index (χ0) is 13.1. The fraction of sp³-hybridized carbons (Fsp3) is 0.600. The van der Waals surface area contributed by atoms with Crippen molar-refractivity contribution in [2.75, 3.05) is 5.32 Å². The molecule has 0 heterocycles. The first kappa shape index (κ1) is 13.3. The smallest absolute Gasteiger partial charge is 0.128 e. The summed E-state index contributed by atoms with van der Waals surface area (Å²) < 4.78 is 26.1. The molecule has 18 heavy (non-hydrogen) atoms.